The average Bonchev–Trinajstić information content (AvgIpc) is 2.64. The maximum Gasteiger partial charge on any atom is 0.310 e. The smallest absolute Gasteiger partial charge is 0.310 e. The summed E-state index contributed by atoms with van der Waals surface area (Å²) in [5.74, 6) is 0.485. The minimum atomic E-state index is -0.105. The Morgan fingerprint density at radius 2 is 1.64 bits per heavy atom. The van der Waals surface area contributed by atoms with Gasteiger partial charge >= 0.3 is 5.97 Å². The summed E-state index contributed by atoms with van der Waals surface area (Å²) in [7, 11) is 1.97. The van der Waals surface area contributed by atoms with Crippen LogP contribution < -0.4 is 5.32 Å². The predicted octanol–water partition coefficient (Wildman–Crippen LogP) is 4.22. The van der Waals surface area contributed by atoms with Crippen LogP contribution >= 0.6 is 0 Å². The molecule has 25 heavy (non-hydrogen) atoms. The first-order chi connectivity index (χ1) is 12.2. The molecular weight excluding hydrogens is 310 g/mol. The largest absolute Gasteiger partial charge is 0.462 e. The number of hydrogen-bond donors (Lipinski definition) is 1. The lowest BCUT2D eigenvalue weighted by molar-refractivity contribution is -0.149. The van der Waals surface area contributed by atoms with E-state index in [0.717, 1.165) is 37.8 Å². The number of benzene rings is 2. The fourth-order valence-corrected chi connectivity index (χ4v) is 3.62. The maximum absolute atomic E-state index is 12.1. The van der Waals surface area contributed by atoms with Gasteiger partial charge in [0.1, 0.15) is 6.10 Å². The minimum Gasteiger partial charge on any atom is -0.462 e. The van der Waals surface area contributed by atoms with Gasteiger partial charge in [0.15, 0.2) is 0 Å². The summed E-state index contributed by atoms with van der Waals surface area (Å²) in [4.78, 5) is 12.1. The van der Waals surface area contributed by atoms with Crippen LogP contribution in [0.15, 0.2) is 54.6 Å². The predicted molar refractivity (Wildman–Crippen MR) is 100 cm³/mol. The molecule has 1 saturated carbocycles. The Morgan fingerprint density at radius 3 is 2.28 bits per heavy atom. The fourth-order valence-electron chi connectivity index (χ4n) is 3.62. The second-order valence-corrected chi connectivity index (χ2v) is 6.90. The van der Waals surface area contributed by atoms with Crippen molar-refractivity contribution < 1.29 is 9.53 Å². The van der Waals surface area contributed by atoms with E-state index in [0.29, 0.717) is 12.3 Å². The number of rotatable bonds is 6. The van der Waals surface area contributed by atoms with E-state index in [1.807, 2.05) is 37.4 Å². The standard InChI is InChI=1S/C22H27NO2/c1-23-16-18-7-9-19(10-8-18)20-11-13-21(14-12-20)25-22(24)15-17-5-3-2-4-6-17/h2-10,20-21,23H,11-16H2,1H3. The molecule has 1 fully saturated rings. The molecule has 3 nitrogen and oxygen atoms in total. The molecule has 0 radical (unpaired) electrons. The normalized spacial score (nSPS) is 20.2. The molecule has 0 bridgehead atoms. The van der Waals surface area contributed by atoms with Crippen LogP contribution in [0.2, 0.25) is 0 Å². The van der Waals surface area contributed by atoms with Crippen molar-refractivity contribution in [2.75, 3.05) is 7.05 Å². The van der Waals surface area contributed by atoms with E-state index in [-0.39, 0.29) is 12.1 Å². The third kappa shape index (κ3) is 5.17. The highest BCUT2D eigenvalue weighted by Gasteiger charge is 2.24. The van der Waals surface area contributed by atoms with Crippen LogP contribution in [0.1, 0.15) is 48.3 Å². The molecule has 132 valence electrons. The molecule has 0 aliphatic heterocycles. The average molecular weight is 337 g/mol. The highest BCUT2D eigenvalue weighted by Crippen LogP contribution is 2.34. The molecule has 1 aliphatic carbocycles. The molecule has 1 aliphatic rings. The highest BCUT2D eigenvalue weighted by molar-refractivity contribution is 5.72. The molecule has 3 rings (SSSR count). The van der Waals surface area contributed by atoms with Gasteiger partial charge in [-0.25, -0.2) is 0 Å². The molecule has 0 heterocycles. The summed E-state index contributed by atoms with van der Waals surface area (Å²) in [6, 6.07) is 18.7. The third-order valence-corrected chi connectivity index (χ3v) is 5.00. The number of esters is 1. The topological polar surface area (TPSA) is 38.3 Å². The summed E-state index contributed by atoms with van der Waals surface area (Å²) in [6.07, 6.45) is 4.56. The van der Waals surface area contributed by atoms with Gasteiger partial charge in [-0.15, -0.1) is 0 Å². The molecule has 0 unspecified atom stereocenters. The molecule has 0 aromatic heterocycles. The molecule has 2 aromatic carbocycles. The monoisotopic (exact) mass is 337 g/mol. The van der Waals surface area contributed by atoms with E-state index < -0.39 is 0 Å². The van der Waals surface area contributed by atoms with Gasteiger partial charge in [0.2, 0.25) is 0 Å². The van der Waals surface area contributed by atoms with E-state index in [1.165, 1.54) is 11.1 Å². The van der Waals surface area contributed by atoms with Crippen molar-refractivity contribution in [3.8, 4) is 0 Å². The van der Waals surface area contributed by atoms with Gasteiger partial charge in [-0.2, -0.15) is 0 Å². The SMILES string of the molecule is CNCc1ccc(C2CCC(OC(=O)Cc3ccccc3)CC2)cc1. The number of nitrogens with one attached hydrogen (secondary N) is 1. The molecule has 0 atom stereocenters. The zero-order valence-electron chi connectivity index (χ0n) is 14.9. The van der Waals surface area contributed by atoms with Crippen molar-refractivity contribution in [1.82, 2.24) is 5.32 Å². The Bertz CT molecular complexity index is 658. The summed E-state index contributed by atoms with van der Waals surface area (Å²) in [5, 5.41) is 3.18. The Labute approximate surface area is 150 Å². The Morgan fingerprint density at radius 1 is 0.960 bits per heavy atom. The van der Waals surface area contributed by atoms with Crippen molar-refractivity contribution in [2.24, 2.45) is 0 Å². The molecule has 0 spiro atoms. The second-order valence-electron chi connectivity index (χ2n) is 6.90. The lowest BCUT2D eigenvalue weighted by Gasteiger charge is -2.28. The lowest BCUT2D eigenvalue weighted by atomic mass is 9.82. The van der Waals surface area contributed by atoms with Crippen LogP contribution in [-0.4, -0.2) is 19.1 Å². The van der Waals surface area contributed by atoms with E-state index in [4.69, 9.17) is 4.74 Å². The van der Waals surface area contributed by atoms with Gasteiger partial charge in [-0.3, -0.25) is 4.79 Å². The van der Waals surface area contributed by atoms with Crippen LogP contribution in [-0.2, 0) is 22.5 Å². The number of hydrogen-bond acceptors (Lipinski definition) is 3. The van der Waals surface area contributed by atoms with Gasteiger partial charge < -0.3 is 10.1 Å². The minimum absolute atomic E-state index is 0.0797. The van der Waals surface area contributed by atoms with Crippen molar-refractivity contribution >= 4 is 5.97 Å². The number of carbonyl (C=O) groups is 1. The molecule has 3 heteroatoms. The Hall–Kier alpha value is -2.13. The van der Waals surface area contributed by atoms with Gasteiger partial charge in [0.25, 0.3) is 0 Å². The molecule has 0 amide bonds. The van der Waals surface area contributed by atoms with E-state index in [1.54, 1.807) is 0 Å². The van der Waals surface area contributed by atoms with Crippen LogP contribution in [0, 0.1) is 0 Å². The van der Waals surface area contributed by atoms with Gasteiger partial charge in [0.05, 0.1) is 6.42 Å². The van der Waals surface area contributed by atoms with Crippen molar-refractivity contribution in [3.05, 3.63) is 71.3 Å². The van der Waals surface area contributed by atoms with Crippen molar-refractivity contribution in [2.45, 2.75) is 50.7 Å². The van der Waals surface area contributed by atoms with Crippen molar-refractivity contribution in [3.63, 3.8) is 0 Å². The molecule has 1 N–H and O–H groups in total. The molecular formula is C22H27NO2. The summed E-state index contributed by atoms with van der Waals surface area (Å²) >= 11 is 0. The molecule has 0 saturated heterocycles. The summed E-state index contributed by atoms with van der Waals surface area (Å²) in [5.41, 5.74) is 3.74. The third-order valence-electron chi connectivity index (χ3n) is 5.00. The molecule has 2 aromatic rings. The summed E-state index contributed by atoms with van der Waals surface area (Å²) in [6.45, 7) is 0.907. The first kappa shape index (κ1) is 17.7. The van der Waals surface area contributed by atoms with E-state index in [2.05, 4.69) is 29.6 Å². The van der Waals surface area contributed by atoms with Gasteiger partial charge in [0, 0.05) is 6.54 Å². The van der Waals surface area contributed by atoms with Crippen LogP contribution in [0.4, 0.5) is 0 Å². The Kier molecular flexibility index (Phi) is 6.24. The number of ether oxygens (including phenoxy) is 1. The van der Waals surface area contributed by atoms with Crippen LogP contribution in [0.5, 0.6) is 0 Å². The van der Waals surface area contributed by atoms with E-state index in [9.17, 15) is 4.79 Å². The number of carbonyl (C=O) groups excluding carboxylic acids is 1. The first-order valence-electron chi connectivity index (χ1n) is 9.21. The Balaban J connectivity index is 1.46. The maximum atomic E-state index is 12.1. The van der Waals surface area contributed by atoms with Crippen LogP contribution in [0.25, 0.3) is 0 Å². The summed E-state index contributed by atoms with van der Waals surface area (Å²) < 4.78 is 5.68. The second kappa shape index (κ2) is 8.82. The lowest BCUT2D eigenvalue weighted by Crippen LogP contribution is -2.24. The fraction of sp³-hybridized carbons (Fsp3) is 0.409. The zero-order chi connectivity index (χ0) is 17.5. The quantitative estimate of drug-likeness (QED) is 0.802. The van der Waals surface area contributed by atoms with Gasteiger partial charge in [-0.1, -0.05) is 54.6 Å². The van der Waals surface area contributed by atoms with E-state index >= 15 is 0 Å². The van der Waals surface area contributed by atoms with Crippen LogP contribution in [0.3, 0.4) is 0 Å². The highest BCUT2D eigenvalue weighted by atomic mass is 16.5. The first-order valence-corrected chi connectivity index (χ1v) is 9.21. The van der Waals surface area contributed by atoms with Crippen molar-refractivity contribution in [1.29, 1.82) is 0 Å². The zero-order valence-corrected chi connectivity index (χ0v) is 14.9. The van der Waals surface area contributed by atoms with Gasteiger partial charge in [-0.05, 0) is 55.3 Å².